The number of unbranched alkanes of at least 4 members (excludes halogenated alkanes) is 6. The Hall–Kier alpha value is -1.81. The van der Waals surface area contributed by atoms with Crippen LogP contribution in [0.25, 0.3) is 0 Å². The lowest BCUT2D eigenvalue weighted by atomic mass is 10.1. The number of carboxylic acid groups (broad SMARTS) is 1. The van der Waals surface area contributed by atoms with E-state index in [0.29, 0.717) is 13.2 Å². The van der Waals surface area contributed by atoms with E-state index in [2.05, 4.69) is 6.58 Å². The van der Waals surface area contributed by atoms with E-state index in [-0.39, 0.29) is 5.56 Å². The van der Waals surface area contributed by atoms with Crippen LogP contribution in [0.3, 0.4) is 0 Å². The summed E-state index contributed by atoms with van der Waals surface area (Å²) in [5.41, 5.74) is 1.36. The Morgan fingerprint density at radius 3 is 2.04 bits per heavy atom. The van der Waals surface area contributed by atoms with Crippen LogP contribution in [-0.2, 0) is 4.74 Å². The molecule has 1 N–H and O–H groups in total. The molecule has 0 aliphatic rings. The lowest BCUT2D eigenvalue weighted by Crippen LogP contribution is -1.99. The molecule has 0 unspecified atom stereocenters. The van der Waals surface area contributed by atoms with Crippen LogP contribution in [0.1, 0.15) is 62.2 Å². The summed E-state index contributed by atoms with van der Waals surface area (Å²) in [6.45, 7) is 7.99. The highest BCUT2D eigenvalue weighted by Crippen LogP contribution is 2.13. The molecular weight excluding hydrogens is 304 g/mol. The lowest BCUT2D eigenvalue weighted by molar-refractivity contribution is 0.0697. The molecule has 0 amide bonds. The fourth-order valence-corrected chi connectivity index (χ4v) is 2.32. The molecule has 4 nitrogen and oxygen atoms in total. The Bertz CT molecular complexity index is 479. The van der Waals surface area contributed by atoms with Crippen molar-refractivity contribution in [2.24, 2.45) is 0 Å². The van der Waals surface area contributed by atoms with Crippen molar-refractivity contribution in [3.05, 3.63) is 42.0 Å². The molecule has 1 aromatic carbocycles. The molecule has 1 rings (SSSR count). The molecule has 134 valence electrons. The van der Waals surface area contributed by atoms with Crippen molar-refractivity contribution in [1.29, 1.82) is 0 Å². The highest BCUT2D eigenvalue weighted by Gasteiger charge is 2.01. The van der Waals surface area contributed by atoms with Gasteiger partial charge in [0.2, 0.25) is 0 Å². The molecule has 0 aliphatic carbocycles. The van der Waals surface area contributed by atoms with Gasteiger partial charge in [-0.2, -0.15) is 0 Å². The summed E-state index contributed by atoms with van der Waals surface area (Å²) < 4.78 is 11.1. The summed E-state index contributed by atoms with van der Waals surface area (Å²) in [4.78, 5) is 10.7. The van der Waals surface area contributed by atoms with Crippen LogP contribution in [0.15, 0.2) is 36.4 Å². The minimum Gasteiger partial charge on any atom is -0.494 e. The van der Waals surface area contributed by atoms with Crippen LogP contribution in [0.4, 0.5) is 0 Å². The minimum atomic E-state index is -0.913. The van der Waals surface area contributed by atoms with Gasteiger partial charge in [0, 0.05) is 6.61 Å². The third-order valence-electron chi connectivity index (χ3n) is 3.65. The standard InChI is InChI=1S/C20H30O4/c1-17(2)16-23-14-8-6-4-3-5-7-9-15-24-19-12-10-18(11-13-19)20(21)22/h10-13H,1,3-9,14-16H2,2H3,(H,21,22). The van der Waals surface area contributed by atoms with E-state index >= 15 is 0 Å². The van der Waals surface area contributed by atoms with Crippen molar-refractivity contribution in [2.45, 2.75) is 51.9 Å². The van der Waals surface area contributed by atoms with Crippen molar-refractivity contribution in [1.82, 2.24) is 0 Å². The third kappa shape index (κ3) is 10.1. The number of carboxylic acids is 1. The zero-order valence-electron chi connectivity index (χ0n) is 14.8. The SMILES string of the molecule is C=C(C)COCCCCCCCCCOc1ccc(C(=O)O)cc1. The van der Waals surface area contributed by atoms with Gasteiger partial charge in [0.1, 0.15) is 5.75 Å². The topological polar surface area (TPSA) is 55.8 Å². The second-order valence-corrected chi connectivity index (χ2v) is 6.16. The maximum absolute atomic E-state index is 10.7. The first-order valence-corrected chi connectivity index (χ1v) is 8.78. The van der Waals surface area contributed by atoms with Crippen LogP contribution in [0, 0.1) is 0 Å². The van der Waals surface area contributed by atoms with E-state index in [1.165, 1.54) is 32.1 Å². The van der Waals surface area contributed by atoms with Gasteiger partial charge in [-0.05, 0) is 44.0 Å². The highest BCUT2D eigenvalue weighted by atomic mass is 16.5. The Morgan fingerprint density at radius 2 is 1.50 bits per heavy atom. The van der Waals surface area contributed by atoms with Crippen molar-refractivity contribution in [3.8, 4) is 5.75 Å². The normalized spacial score (nSPS) is 10.5. The molecule has 0 aliphatic heterocycles. The van der Waals surface area contributed by atoms with E-state index < -0.39 is 5.97 Å². The minimum absolute atomic E-state index is 0.285. The molecule has 1 aromatic rings. The molecule has 0 radical (unpaired) electrons. The molecule has 0 heterocycles. The Morgan fingerprint density at radius 1 is 0.958 bits per heavy atom. The maximum atomic E-state index is 10.7. The Balaban J connectivity index is 1.90. The number of benzene rings is 1. The van der Waals surface area contributed by atoms with E-state index in [4.69, 9.17) is 14.6 Å². The van der Waals surface area contributed by atoms with Crippen LogP contribution in [-0.4, -0.2) is 30.9 Å². The van der Waals surface area contributed by atoms with E-state index in [0.717, 1.165) is 30.8 Å². The van der Waals surface area contributed by atoms with E-state index in [9.17, 15) is 4.79 Å². The van der Waals surface area contributed by atoms with Crippen molar-refractivity contribution in [3.63, 3.8) is 0 Å². The summed E-state index contributed by atoms with van der Waals surface area (Å²) in [5, 5.41) is 8.82. The van der Waals surface area contributed by atoms with Crippen molar-refractivity contribution in [2.75, 3.05) is 19.8 Å². The predicted molar refractivity (Wildman–Crippen MR) is 96.8 cm³/mol. The largest absolute Gasteiger partial charge is 0.494 e. The number of carbonyl (C=O) groups is 1. The third-order valence-corrected chi connectivity index (χ3v) is 3.65. The molecule has 0 bridgehead atoms. The molecule has 0 spiro atoms. The van der Waals surface area contributed by atoms with Crippen molar-refractivity contribution < 1.29 is 19.4 Å². The molecule has 24 heavy (non-hydrogen) atoms. The molecule has 0 atom stereocenters. The fourth-order valence-electron chi connectivity index (χ4n) is 2.32. The van der Waals surface area contributed by atoms with E-state index in [1.54, 1.807) is 24.3 Å². The van der Waals surface area contributed by atoms with Gasteiger partial charge in [0.15, 0.2) is 0 Å². The maximum Gasteiger partial charge on any atom is 0.335 e. The summed E-state index contributed by atoms with van der Waals surface area (Å²) in [7, 11) is 0. The van der Waals surface area contributed by atoms with Gasteiger partial charge in [-0.3, -0.25) is 0 Å². The summed E-state index contributed by atoms with van der Waals surface area (Å²) in [5.74, 6) is -0.182. The number of rotatable bonds is 14. The van der Waals surface area contributed by atoms with Gasteiger partial charge in [0.05, 0.1) is 18.8 Å². The first kappa shape index (κ1) is 20.2. The van der Waals surface area contributed by atoms with Gasteiger partial charge >= 0.3 is 5.97 Å². The van der Waals surface area contributed by atoms with Crippen LogP contribution in [0.2, 0.25) is 0 Å². The zero-order chi connectivity index (χ0) is 17.6. The highest BCUT2D eigenvalue weighted by molar-refractivity contribution is 5.87. The number of aromatic carboxylic acids is 1. The fraction of sp³-hybridized carbons (Fsp3) is 0.550. The summed E-state index contributed by atoms with van der Waals surface area (Å²) in [6, 6.07) is 6.55. The Labute approximate surface area is 145 Å². The molecule has 0 fully saturated rings. The second-order valence-electron chi connectivity index (χ2n) is 6.16. The van der Waals surface area contributed by atoms with Gasteiger partial charge < -0.3 is 14.6 Å². The Kier molecular flexibility index (Phi) is 10.6. The summed E-state index contributed by atoms with van der Waals surface area (Å²) >= 11 is 0. The van der Waals surface area contributed by atoms with Crippen molar-refractivity contribution >= 4 is 5.97 Å². The molecule has 0 aromatic heterocycles. The number of hydrogen-bond acceptors (Lipinski definition) is 3. The van der Waals surface area contributed by atoms with Crippen LogP contribution >= 0.6 is 0 Å². The summed E-state index contributed by atoms with van der Waals surface area (Å²) in [6.07, 6.45) is 8.29. The molecule has 0 saturated carbocycles. The number of hydrogen-bond donors (Lipinski definition) is 1. The first-order chi connectivity index (χ1) is 11.6. The average molecular weight is 334 g/mol. The van der Waals surface area contributed by atoms with Gasteiger partial charge in [-0.25, -0.2) is 4.79 Å². The first-order valence-electron chi connectivity index (χ1n) is 8.78. The van der Waals surface area contributed by atoms with Crippen LogP contribution in [0.5, 0.6) is 5.75 Å². The predicted octanol–water partition coefficient (Wildman–Crippen LogP) is 5.09. The van der Waals surface area contributed by atoms with Gasteiger partial charge in [-0.1, -0.05) is 44.3 Å². The average Bonchev–Trinajstić information content (AvgIpc) is 2.56. The smallest absolute Gasteiger partial charge is 0.335 e. The molecular formula is C20H30O4. The zero-order valence-corrected chi connectivity index (χ0v) is 14.8. The molecule has 0 saturated heterocycles. The second kappa shape index (κ2) is 12.6. The van der Waals surface area contributed by atoms with Gasteiger partial charge in [-0.15, -0.1) is 0 Å². The molecule has 4 heteroatoms. The lowest BCUT2D eigenvalue weighted by Gasteiger charge is -2.06. The van der Waals surface area contributed by atoms with Gasteiger partial charge in [0.25, 0.3) is 0 Å². The monoisotopic (exact) mass is 334 g/mol. The quantitative estimate of drug-likeness (QED) is 0.380. The van der Waals surface area contributed by atoms with Crippen LogP contribution < -0.4 is 4.74 Å². The van der Waals surface area contributed by atoms with E-state index in [1.807, 2.05) is 6.92 Å². The number of ether oxygens (including phenoxy) is 2.